The van der Waals surface area contributed by atoms with Crippen LogP contribution in [0.3, 0.4) is 0 Å². The van der Waals surface area contributed by atoms with Crippen LogP contribution in [-0.2, 0) is 6.54 Å². The van der Waals surface area contributed by atoms with E-state index < -0.39 is 0 Å². The van der Waals surface area contributed by atoms with Gasteiger partial charge in [-0.1, -0.05) is 0 Å². The van der Waals surface area contributed by atoms with Crippen LogP contribution < -0.4 is 20.1 Å². The molecule has 0 aromatic carbocycles. The van der Waals surface area contributed by atoms with E-state index in [2.05, 4.69) is 15.6 Å². The molecule has 0 saturated heterocycles. The van der Waals surface area contributed by atoms with Crippen molar-refractivity contribution in [3.05, 3.63) is 36.3 Å². The number of aromatic nitrogens is 1. The summed E-state index contributed by atoms with van der Waals surface area (Å²) < 4.78 is 15.4. The second-order valence-corrected chi connectivity index (χ2v) is 4.21. The SMILES string of the molecule is COc1ccc(NC(=S)NCc2ccco2)c(OC)n1. The summed E-state index contributed by atoms with van der Waals surface area (Å²) in [5.41, 5.74) is 0.658. The van der Waals surface area contributed by atoms with Crippen LogP contribution in [0.4, 0.5) is 5.69 Å². The van der Waals surface area contributed by atoms with Crippen molar-refractivity contribution in [2.24, 2.45) is 0 Å². The maximum atomic E-state index is 5.21. The zero-order valence-electron chi connectivity index (χ0n) is 11.2. The van der Waals surface area contributed by atoms with Crippen LogP contribution in [0, 0.1) is 0 Å². The van der Waals surface area contributed by atoms with Crippen molar-refractivity contribution in [1.82, 2.24) is 10.3 Å². The highest BCUT2D eigenvalue weighted by Gasteiger charge is 2.08. The lowest BCUT2D eigenvalue weighted by Gasteiger charge is -2.12. The fourth-order valence-corrected chi connectivity index (χ4v) is 1.72. The van der Waals surface area contributed by atoms with Gasteiger partial charge in [-0.25, -0.2) is 0 Å². The molecule has 0 amide bonds. The summed E-state index contributed by atoms with van der Waals surface area (Å²) in [6.45, 7) is 0.505. The highest BCUT2D eigenvalue weighted by Crippen LogP contribution is 2.24. The summed E-state index contributed by atoms with van der Waals surface area (Å²) in [6.07, 6.45) is 1.61. The predicted molar refractivity (Wildman–Crippen MR) is 79.1 cm³/mol. The number of methoxy groups -OCH3 is 2. The van der Waals surface area contributed by atoms with Gasteiger partial charge in [-0.05, 0) is 30.4 Å². The number of thiocarbonyl (C=S) groups is 1. The lowest BCUT2D eigenvalue weighted by molar-refractivity contribution is 0.366. The van der Waals surface area contributed by atoms with Crippen molar-refractivity contribution < 1.29 is 13.9 Å². The van der Waals surface area contributed by atoms with Gasteiger partial charge >= 0.3 is 0 Å². The van der Waals surface area contributed by atoms with Gasteiger partial charge in [-0.15, -0.1) is 0 Å². The molecule has 0 aliphatic heterocycles. The normalized spacial score (nSPS) is 9.90. The molecule has 2 N–H and O–H groups in total. The minimum atomic E-state index is 0.409. The van der Waals surface area contributed by atoms with Crippen LogP contribution in [0.15, 0.2) is 34.9 Å². The average molecular weight is 293 g/mol. The molecule has 0 spiro atoms. The molecular formula is C13H15N3O3S. The first-order valence-electron chi connectivity index (χ1n) is 5.89. The van der Waals surface area contributed by atoms with E-state index in [0.717, 1.165) is 5.76 Å². The molecule has 0 unspecified atom stereocenters. The number of hydrogen-bond acceptors (Lipinski definition) is 5. The Bertz CT molecular complexity index is 572. The van der Waals surface area contributed by atoms with Gasteiger partial charge < -0.3 is 24.5 Å². The van der Waals surface area contributed by atoms with E-state index in [4.69, 9.17) is 26.1 Å². The molecular weight excluding hydrogens is 278 g/mol. The number of rotatable bonds is 5. The van der Waals surface area contributed by atoms with Crippen molar-refractivity contribution in [2.45, 2.75) is 6.54 Å². The van der Waals surface area contributed by atoms with Crippen molar-refractivity contribution in [3.8, 4) is 11.8 Å². The summed E-state index contributed by atoms with van der Waals surface area (Å²) in [5, 5.41) is 6.49. The topological polar surface area (TPSA) is 68.5 Å². The summed E-state index contributed by atoms with van der Waals surface area (Å²) >= 11 is 5.20. The Balaban J connectivity index is 1.96. The standard InChI is InChI=1S/C13H15N3O3S/c1-17-11-6-5-10(12(16-11)18-2)15-13(20)14-8-9-4-3-7-19-9/h3-7H,8H2,1-2H3,(H2,14,15,20). The number of hydrogen-bond donors (Lipinski definition) is 2. The average Bonchev–Trinajstić information content (AvgIpc) is 2.99. The third-order valence-electron chi connectivity index (χ3n) is 2.49. The van der Waals surface area contributed by atoms with Crippen LogP contribution in [0.2, 0.25) is 0 Å². The van der Waals surface area contributed by atoms with Gasteiger partial charge in [0, 0.05) is 6.07 Å². The third-order valence-corrected chi connectivity index (χ3v) is 2.74. The number of nitrogens with zero attached hydrogens (tertiary/aromatic N) is 1. The lowest BCUT2D eigenvalue weighted by Crippen LogP contribution is -2.28. The van der Waals surface area contributed by atoms with Crippen LogP contribution in [0.5, 0.6) is 11.8 Å². The smallest absolute Gasteiger partial charge is 0.240 e. The molecule has 2 heterocycles. The van der Waals surface area contributed by atoms with E-state index in [1.165, 1.54) is 7.11 Å². The second kappa shape index (κ2) is 6.76. The first kappa shape index (κ1) is 14.1. The monoisotopic (exact) mass is 293 g/mol. The molecule has 2 aromatic heterocycles. The summed E-state index contributed by atoms with van der Waals surface area (Å²) in [5.74, 6) is 1.68. The summed E-state index contributed by atoms with van der Waals surface area (Å²) in [4.78, 5) is 4.16. The van der Waals surface area contributed by atoms with E-state index >= 15 is 0 Å². The Hall–Kier alpha value is -2.28. The molecule has 106 valence electrons. The molecule has 20 heavy (non-hydrogen) atoms. The highest BCUT2D eigenvalue weighted by molar-refractivity contribution is 7.80. The minimum absolute atomic E-state index is 0.409. The zero-order chi connectivity index (χ0) is 14.4. The number of pyridine rings is 1. The first-order chi connectivity index (χ1) is 9.72. The van der Waals surface area contributed by atoms with Crippen LogP contribution in [0.1, 0.15) is 5.76 Å². The van der Waals surface area contributed by atoms with Gasteiger partial charge in [0.2, 0.25) is 11.8 Å². The van der Waals surface area contributed by atoms with Gasteiger partial charge in [-0.3, -0.25) is 0 Å². The van der Waals surface area contributed by atoms with Crippen molar-refractivity contribution >= 4 is 23.0 Å². The molecule has 7 heteroatoms. The number of anilines is 1. The predicted octanol–water partition coefficient (Wildman–Crippen LogP) is 2.18. The van der Waals surface area contributed by atoms with Crippen LogP contribution in [0.25, 0.3) is 0 Å². The van der Waals surface area contributed by atoms with Crippen LogP contribution >= 0.6 is 12.2 Å². The van der Waals surface area contributed by atoms with E-state index in [0.29, 0.717) is 29.1 Å². The quantitative estimate of drug-likeness (QED) is 0.819. The molecule has 0 aliphatic rings. The fraction of sp³-hybridized carbons (Fsp3) is 0.231. The minimum Gasteiger partial charge on any atom is -0.481 e. The Kier molecular flexibility index (Phi) is 4.78. The van der Waals surface area contributed by atoms with E-state index in [1.807, 2.05) is 12.1 Å². The van der Waals surface area contributed by atoms with Crippen LogP contribution in [-0.4, -0.2) is 24.3 Å². The third kappa shape index (κ3) is 3.61. The Morgan fingerprint density at radius 3 is 2.80 bits per heavy atom. The van der Waals surface area contributed by atoms with E-state index in [9.17, 15) is 0 Å². The molecule has 0 bridgehead atoms. The van der Waals surface area contributed by atoms with Crippen molar-refractivity contribution in [3.63, 3.8) is 0 Å². The van der Waals surface area contributed by atoms with Gasteiger partial charge in [0.15, 0.2) is 5.11 Å². The maximum absolute atomic E-state index is 5.21. The Morgan fingerprint density at radius 1 is 1.30 bits per heavy atom. The molecule has 0 radical (unpaired) electrons. The molecule has 2 aromatic rings. The Morgan fingerprint density at radius 2 is 2.15 bits per heavy atom. The zero-order valence-corrected chi connectivity index (χ0v) is 12.0. The summed E-state index contributed by atoms with van der Waals surface area (Å²) in [6, 6.07) is 7.20. The molecule has 6 nitrogen and oxygen atoms in total. The van der Waals surface area contributed by atoms with Crippen molar-refractivity contribution in [2.75, 3.05) is 19.5 Å². The second-order valence-electron chi connectivity index (χ2n) is 3.80. The molecule has 0 aliphatic carbocycles. The summed E-state index contributed by atoms with van der Waals surface area (Å²) in [7, 11) is 3.08. The first-order valence-corrected chi connectivity index (χ1v) is 6.30. The molecule has 0 atom stereocenters. The number of furan rings is 1. The Labute approximate surface area is 122 Å². The van der Waals surface area contributed by atoms with Gasteiger partial charge in [0.1, 0.15) is 11.4 Å². The fourth-order valence-electron chi connectivity index (χ4n) is 1.53. The largest absolute Gasteiger partial charge is 0.481 e. The highest BCUT2D eigenvalue weighted by atomic mass is 32.1. The van der Waals surface area contributed by atoms with Gasteiger partial charge in [0.25, 0.3) is 0 Å². The van der Waals surface area contributed by atoms with Gasteiger partial charge in [0.05, 0.1) is 27.0 Å². The van der Waals surface area contributed by atoms with E-state index in [-0.39, 0.29) is 0 Å². The van der Waals surface area contributed by atoms with Gasteiger partial charge in [-0.2, -0.15) is 4.98 Å². The molecule has 0 fully saturated rings. The van der Waals surface area contributed by atoms with E-state index in [1.54, 1.807) is 25.5 Å². The lowest BCUT2D eigenvalue weighted by atomic mass is 10.4. The number of nitrogens with one attached hydrogen (secondary N) is 2. The van der Waals surface area contributed by atoms with Crippen molar-refractivity contribution in [1.29, 1.82) is 0 Å². The maximum Gasteiger partial charge on any atom is 0.240 e. The molecule has 0 saturated carbocycles. The molecule has 2 rings (SSSR count). The number of ether oxygens (including phenoxy) is 2.